The third kappa shape index (κ3) is 3.81. The third-order valence-electron chi connectivity index (χ3n) is 5.99. The molecule has 1 aliphatic heterocycles. The number of carbonyl (C=O) groups is 3. The molecular weight excluding hydrogens is 330 g/mol. The number of β-lactam (4-membered cyclic amide) rings is 1. The Morgan fingerprint density at radius 1 is 1.15 bits per heavy atom. The normalized spacial score (nSPS) is 24.8. The highest BCUT2D eigenvalue weighted by Crippen LogP contribution is 2.35. The number of carbonyl (C=O) groups excluding carboxylic acids is 2. The first kappa shape index (κ1) is 18.6. The minimum atomic E-state index is -1.09. The van der Waals surface area contributed by atoms with Gasteiger partial charge >= 0.3 is 5.97 Å². The summed E-state index contributed by atoms with van der Waals surface area (Å²) in [6.45, 7) is 2.05. The third-order valence-corrected chi connectivity index (χ3v) is 5.99. The number of aliphatic carboxylic acids is 1. The van der Waals surface area contributed by atoms with Crippen LogP contribution in [0.3, 0.4) is 0 Å². The Bertz CT molecular complexity index is 666. The molecule has 3 rings (SSSR count). The van der Waals surface area contributed by atoms with Crippen LogP contribution in [0.25, 0.3) is 0 Å². The predicted molar refractivity (Wildman–Crippen MR) is 97.3 cm³/mol. The maximum atomic E-state index is 12.6. The van der Waals surface area contributed by atoms with Gasteiger partial charge in [-0.2, -0.15) is 0 Å². The van der Waals surface area contributed by atoms with Crippen LogP contribution < -0.4 is 0 Å². The molecule has 1 aromatic rings. The SMILES string of the molecule is C[C@@H](CC(=O)N1C(=O)[C@H](Cc2ccccc2)[C@H]1C(=O)O)C1CCCCC1. The number of hydrogen-bond acceptors (Lipinski definition) is 3. The number of benzene rings is 1. The summed E-state index contributed by atoms with van der Waals surface area (Å²) in [5.41, 5.74) is 0.916. The molecule has 26 heavy (non-hydrogen) atoms. The summed E-state index contributed by atoms with van der Waals surface area (Å²) >= 11 is 0. The molecule has 0 aromatic heterocycles. The average Bonchev–Trinajstić information content (AvgIpc) is 2.64. The van der Waals surface area contributed by atoms with Crippen LogP contribution in [0.5, 0.6) is 0 Å². The summed E-state index contributed by atoms with van der Waals surface area (Å²) in [6.07, 6.45) is 6.52. The van der Waals surface area contributed by atoms with Gasteiger partial charge in [-0.1, -0.05) is 69.4 Å². The van der Waals surface area contributed by atoms with Crippen molar-refractivity contribution in [2.24, 2.45) is 17.8 Å². The van der Waals surface area contributed by atoms with Crippen LogP contribution in [-0.4, -0.2) is 33.8 Å². The standard InChI is InChI=1S/C21H27NO4/c1-14(16-10-6-3-7-11-16)12-18(23)22-19(21(25)26)17(20(22)24)13-15-8-4-2-5-9-15/h2,4-5,8-9,14,16-17,19H,3,6-7,10-13H2,1H3,(H,25,26)/t14-,17+,19-/m0/s1. The van der Waals surface area contributed by atoms with Crippen molar-refractivity contribution >= 4 is 17.8 Å². The first-order valence-electron chi connectivity index (χ1n) is 9.61. The molecule has 1 aromatic carbocycles. The number of imide groups is 1. The van der Waals surface area contributed by atoms with Crippen LogP contribution in [0, 0.1) is 17.8 Å². The summed E-state index contributed by atoms with van der Waals surface area (Å²) in [5, 5.41) is 9.56. The molecule has 0 bridgehead atoms. The van der Waals surface area contributed by atoms with Gasteiger partial charge in [0.1, 0.15) is 6.04 Å². The molecule has 0 radical (unpaired) electrons. The molecule has 1 aliphatic carbocycles. The highest BCUT2D eigenvalue weighted by molar-refractivity contribution is 6.08. The van der Waals surface area contributed by atoms with E-state index in [0.29, 0.717) is 12.3 Å². The van der Waals surface area contributed by atoms with Crippen LogP contribution >= 0.6 is 0 Å². The van der Waals surface area contributed by atoms with Gasteiger partial charge in [-0.25, -0.2) is 4.79 Å². The van der Waals surface area contributed by atoms with Crippen molar-refractivity contribution in [3.8, 4) is 0 Å². The molecule has 2 amide bonds. The number of nitrogens with zero attached hydrogens (tertiary/aromatic N) is 1. The number of carboxylic acids is 1. The Hall–Kier alpha value is -2.17. The second-order valence-electron chi connectivity index (χ2n) is 7.76. The van der Waals surface area contributed by atoms with E-state index in [-0.39, 0.29) is 24.2 Å². The Balaban J connectivity index is 1.64. The Morgan fingerprint density at radius 3 is 2.42 bits per heavy atom. The van der Waals surface area contributed by atoms with Crippen LogP contribution in [0.4, 0.5) is 0 Å². The fourth-order valence-corrected chi connectivity index (χ4v) is 4.42. The lowest BCUT2D eigenvalue weighted by Gasteiger charge is -2.43. The van der Waals surface area contributed by atoms with E-state index >= 15 is 0 Å². The largest absolute Gasteiger partial charge is 0.480 e. The lowest BCUT2D eigenvalue weighted by molar-refractivity contribution is -0.177. The van der Waals surface area contributed by atoms with Gasteiger partial charge in [-0.05, 0) is 23.8 Å². The molecule has 1 saturated heterocycles. The molecule has 0 unspecified atom stereocenters. The number of hydrogen-bond donors (Lipinski definition) is 1. The fraction of sp³-hybridized carbons (Fsp3) is 0.571. The molecule has 140 valence electrons. The minimum Gasteiger partial charge on any atom is -0.480 e. The maximum Gasteiger partial charge on any atom is 0.327 e. The molecule has 1 saturated carbocycles. The van der Waals surface area contributed by atoms with Crippen molar-refractivity contribution in [1.29, 1.82) is 0 Å². The van der Waals surface area contributed by atoms with Gasteiger partial charge in [0.25, 0.3) is 0 Å². The molecule has 1 N–H and O–H groups in total. The number of carboxylic acid groups (broad SMARTS) is 1. The van der Waals surface area contributed by atoms with Crippen LogP contribution in [0.15, 0.2) is 30.3 Å². The lowest BCUT2D eigenvalue weighted by atomic mass is 9.78. The molecule has 1 heterocycles. The van der Waals surface area contributed by atoms with E-state index in [0.717, 1.165) is 23.3 Å². The highest BCUT2D eigenvalue weighted by Gasteiger charge is 2.54. The zero-order chi connectivity index (χ0) is 18.7. The molecule has 5 heteroatoms. The molecule has 2 fully saturated rings. The van der Waals surface area contributed by atoms with E-state index in [1.165, 1.54) is 19.3 Å². The molecule has 0 spiro atoms. The van der Waals surface area contributed by atoms with Gasteiger partial charge in [-0.15, -0.1) is 0 Å². The first-order valence-corrected chi connectivity index (χ1v) is 9.61. The highest BCUT2D eigenvalue weighted by atomic mass is 16.4. The van der Waals surface area contributed by atoms with Crippen molar-refractivity contribution < 1.29 is 19.5 Å². The Labute approximate surface area is 154 Å². The van der Waals surface area contributed by atoms with Crippen molar-refractivity contribution in [2.45, 2.75) is 57.9 Å². The summed E-state index contributed by atoms with van der Waals surface area (Å²) in [6, 6.07) is 8.33. The fourth-order valence-electron chi connectivity index (χ4n) is 4.42. The second-order valence-corrected chi connectivity index (χ2v) is 7.76. The average molecular weight is 357 g/mol. The van der Waals surface area contributed by atoms with E-state index < -0.39 is 17.9 Å². The van der Waals surface area contributed by atoms with Crippen LogP contribution in [0.2, 0.25) is 0 Å². The van der Waals surface area contributed by atoms with Crippen molar-refractivity contribution in [3.63, 3.8) is 0 Å². The van der Waals surface area contributed by atoms with Crippen LogP contribution in [-0.2, 0) is 20.8 Å². The minimum absolute atomic E-state index is 0.193. The monoisotopic (exact) mass is 357 g/mol. The van der Waals surface area contributed by atoms with E-state index in [4.69, 9.17) is 0 Å². The van der Waals surface area contributed by atoms with E-state index in [1.54, 1.807) is 0 Å². The predicted octanol–water partition coefficient (Wildman–Crippen LogP) is 3.27. The smallest absolute Gasteiger partial charge is 0.327 e. The molecule has 2 aliphatic rings. The molecule has 5 nitrogen and oxygen atoms in total. The zero-order valence-corrected chi connectivity index (χ0v) is 15.3. The van der Waals surface area contributed by atoms with Gasteiger partial charge in [0.15, 0.2) is 0 Å². The topological polar surface area (TPSA) is 74.7 Å². The van der Waals surface area contributed by atoms with Crippen molar-refractivity contribution in [1.82, 2.24) is 4.90 Å². The number of likely N-dealkylation sites (tertiary alicyclic amines) is 1. The van der Waals surface area contributed by atoms with Crippen molar-refractivity contribution in [2.75, 3.05) is 0 Å². The molecule has 3 atom stereocenters. The number of rotatable bonds is 6. The number of amides is 2. The van der Waals surface area contributed by atoms with E-state index in [1.807, 2.05) is 30.3 Å². The summed E-state index contributed by atoms with van der Waals surface area (Å²) in [4.78, 5) is 37.8. The van der Waals surface area contributed by atoms with Gasteiger partial charge < -0.3 is 5.11 Å². The first-order chi connectivity index (χ1) is 12.5. The van der Waals surface area contributed by atoms with E-state index in [9.17, 15) is 19.5 Å². The van der Waals surface area contributed by atoms with Crippen molar-refractivity contribution in [3.05, 3.63) is 35.9 Å². The summed E-state index contributed by atoms with van der Waals surface area (Å²) in [7, 11) is 0. The van der Waals surface area contributed by atoms with Gasteiger partial charge in [0.05, 0.1) is 5.92 Å². The zero-order valence-electron chi connectivity index (χ0n) is 15.3. The van der Waals surface area contributed by atoms with Gasteiger partial charge in [-0.3, -0.25) is 14.5 Å². The Morgan fingerprint density at radius 2 is 1.81 bits per heavy atom. The molecular formula is C21H27NO4. The van der Waals surface area contributed by atoms with Gasteiger partial charge in [0, 0.05) is 6.42 Å². The maximum absolute atomic E-state index is 12.6. The Kier molecular flexibility index (Phi) is 5.74. The van der Waals surface area contributed by atoms with Crippen LogP contribution in [0.1, 0.15) is 51.0 Å². The quantitative estimate of drug-likeness (QED) is 0.793. The summed E-state index contributed by atoms with van der Waals surface area (Å²) in [5.74, 6) is -1.72. The second kappa shape index (κ2) is 8.02. The van der Waals surface area contributed by atoms with E-state index in [2.05, 4.69) is 6.92 Å². The summed E-state index contributed by atoms with van der Waals surface area (Å²) < 4.78 is 0. The lowest BCUT2D eigenvalue weighted by Crippen LogP contribution is -2.67. The van der Waals surface area contributed by atoms with Gasteiger partial charge in [0.2, 0.25) is 11.8 Å².